The van der Waals surface area contributed by atoms with Gasteiger partial charge in [0.15, 0.2) is 0 Å². The van der Waals surface area contributed by atoms with Crippen LogP contribution in [0.25, 0.3) is 0 Å². The fraction of sp³-hybridized carbons (Fsp3) is 0.333. The highest BCUT2D eigenvalue weighted by Gasteiger charge is 2.22. The van der Waals surface area contributed by atoms with E-state index in [4.69, 9.17) is 0 Å². The molecule has 0 saturated carbocycles. The largest absolute Gasteiger partial charge is 0.387 e. The summed E-state index contributed by atoms with van der Waals surface area (Å²) in [7, 11) is -3.51. The molecule has 16 heavy (non-hydrogen) atoms. The van der Waals surface area contributed by atoms with Crippen LogP contribution in [-0.4, -0.2) is 25.5 Å². The minimum absolute atomic E-state index is 0.179. The van der Waals surface area contributed by atoms with Crippen LogP contribution >= 0.6 is 15.9 Å². The van der Waals surface area contributed by atoms with Crippen LogP contribution in [0, 0.1) is 11.6 Å². The molecule has 0 aliphatic heterocycles. The summed E-state index contributed by atoms with van der Waals surface area (Å²) in [6.45, 7) is 0. The van der Waals surface area contributed by atoms with E-state index in [1.54, 1.807) is 0 Å². The zero-order chi connectivity index (χ0) is 12.5. The summed E-state index contributed by atoms with van der Waals surface area (Å²) in [5.74, 6) is -2.69. The van der Waals surface area contributed by atoms with E-state index in [1.165, 1.54) is 0 Å². The van der Waals surface area contributed by atoms with Gasteiger partial charge in [0.25, 0.3) is 0 Å². The Hall–Kier alpha value is -0.530. The van der Waals surface area contributed by atoms with E-state index >= 15 is 0 Å². The number of rotatable bonds is 3. The highest BCUT2D eigenvalue weighted by Crippen LogP contribution is 2.25. The lowest BCUT2D eigenvalue weighted by atomic mass is 10.1. The number of aliphatic hydroxyl groups excluding tert-OH is 1. The molecule has 1 unspecified atom stereocenters. The molecule has 0 fully saturated rings. The van der Waals surface area contributed by atoms with Crippen LogP contribution in [0.3, 0.4) is 0 Å². The molecular weight excluding hydrogens is 306 g/mol. The average Bonchev–Trinajstić information content (AvgIpc) is 1.96. The van der Waals surface area contributed by atoms with Crippen LogP contribution in [-0.2, 0) is 9.84 Å². The third-order valence-corrected chi connectivity index (χ3v) is 3.22. The standard InChI is InChI=1S/C9H9BrF2O3S/c1-16(14,15)4-8(13)9-6(11)2-5(10)3-7(9)12/h2-3,8,13H,4H2,1H3. The van der Waals surface area contributed by atoms with Gasteiger partial charge in [-0.25, -0.2) is 17.2 Å². The van der Waals surface area contributed by atoms with Crippen molar-refractivity contribution < 1.29 is 22.3 Å². The normalized spacial score (nSPS) is 13.8. The molecule has 0 aliphatic carbocycles. The van der Waals surface area contributed by atoms with Crippen molar-refractivity contribution in [3.8, 4) is 0 Å². The first kappa shape index (κ1) is 13.5. The lowest BCUT2D eigenvalue weighted by Crippen LogP contribution is -2.15. The SMILES string of the molecule is CS(=O)(=O)CC(O)c1c(F)cc(Br)cc1F. The molecule has 1 aromatic rings. The Morgan fingerprint density at radius 3 is 2.19 bits per heavy atom. The van der Waals surface area contributed by atoms with Gasteiger partial charge in [-0.15, -0.1) is 0 Å². The summed E-state index contributed by atoms with van der Waals surface area (Å²) in [6, 6.07) is 1.92. The number of hydrogen-bond donors (Lipinski definition) is 1. The van der Waals surface area contributed by atoms with Gasteiger partial charge in [0.05, 0.1) is 17.4 Å². The van der Waals surface area contributed by atoms with Gasteiger partial charge in [-0.05, 0) is 12.1 Å². The van der Waals surface area contributed by atoms with Crippen molar-refractivity contribution in [1.29, 1.82) is 0 Å². The molecular formula is C9H9BrF2O3S. The van der Waals surface area contributed by atoms with Crippen LogP contribution in [0.2, 0.25) is 0 Å². The van der Waals surface area contributed by atoms with Gasteiger partial charge in [0.2, 0.25) is 0 Å². The molecule has 0 saturated heterocycles. The summed E-state index contributed by atoms with van der Waals surface area (Å²) < 4.78 is 48.6. The second-order valence-electron chi connectivity index (χ2n) is 3.39. The van der Waals surface area contributed by atoms with Gasteiger partial charge in [0.1, 0.15) is 21.5 Å². The van der Waals surface area contributed by atoms with Crippen molar-refractivity contribution in [3.63, 3.8) is 0 Å². The van der Waals surface area contributed by atoms with Crippen LogP contribution in [0.5, 0.6) is 0 Å². The molecule has 0 heterocycles. The Kier molecular flexibility index (Phi) is 4.03. The molecule has 0 radical (unpaired) electrons. The maximum Gasteiger partial charge on any atom is 0.150 e. The molecule has 7 heteroatoms. The summed E-state index contributed by atoms with van der Waals surface area (Å²) in [5.41, 5.74) is -0.631. The number of benzene rings is 1. The Morgan fingerprint density at radius 2 is 1.81 bits per heavy atom. The van der Waals surface area contributed by atoms with Crippen molar-refractivity contribution in [2.45, 2.75) is 6.10 Å². The number of sulfone groups is 1. The van der Waals surface area contributed by atoms with E-state index in [0.717, 1.165) is 18.4 Å². The minimum Gasteiger partial charge on any atom is -0.387 e. The lowest BCUT2D eigenvalue weighted by Gasteiger charge is -2.12. The Morgan fingerprint density at radius 1 is 1.38 bits per heavy atom. The zero-order valence-electron chi connectivity index (χ0n) is 8.25. The minimum atomic E-state index is -3.51. The first-order valence-electron chi connectivity index (χ1n) is 4.21. The third kappa shape index (κ3) is 3.50. The van der Waals surface area contributed by atoms with Crippen molar-refractivity contribution in [2.75, 3.05) is 12.0 Å². The lowest BCUT2D eigenvalue weighted by molar-refractivity contribution is 0.191. The molecule has 90 valence electrons. The first-order valence-corrected chi connectivity index (χ1v) is 7.06. The van der Waals surface area contributed by atoms with Gasteiger partial charge in [0, 0.05) is 10.7 Å². The molecule has 3 nitrogen and oxygen atoms in total. The van der Waals surface area contributed by atoms with E-state index in [2.05, 4.69) is 15.9 Å². The van der Waals surface area contributed by atoms with Crippen LogP contribution in [0.4, 0.5) is 8.78 Å². The maximum absolute atomic E-state index is 13.3. The molecule has 1 rings (SSSR count). The van der Waals surface area contributed by atoms with Crippen molar-refractivity contribution in [1.82, 2.24) is 0 Å². The predicted molar refractivity (Wildman–Crippen MR) is 58.7 cm³/mol. The molecule has 0 aromatic heterocycles. The summed E-state index contributed by atoms with van der Waals surface area (Å²) in [5, 5.41) is 9.43. The highest BCUT2D eigenvalue weighted by atomic mass is 79.9. The number of aliphatic hydroxyl groups is 1. The molecule has 0 spiro atoms. The molecule has 1 aromatic carbocycles. The Bertz CT molecular complexity index is 478. The highest BCUT2D eigenvalue weighted by molar-refractivity contribution is 9.10. The van der Waals surface area contributed by atoms with E-state index in [0.29, 0.717) is 0 Å². The topological polar surface area (TPSA) is 54.4 Å². The molecule has 0 bridgehead atoms. The smallest absolute Gasteiger partial charge is 0.150 e. The van der Waals surface area contributed by atoms with E-state index in [9.17, 15) is 22.3 Å². The van der Waals surface area contributed by atoms with Crippen molar-refractivity contribution in [3.05, 3.63) is 33.8 Å². The molecule has 0 amide bonds. The van der Waals surface area contributed by atoms with Gasteiger partial charge in [-0.2, -0.15) is 0 Å². The third-order valence-electron chi connectivity index (χ3n) is 1.84. The van der Waals surface area contributed by atoms with Gasteiger partial charge < -0.3 is 5.11 Å². The van der Waals surface area contributed by atoms with Crippen molar-refractivity contribution >= 4 is 25.8 Å². The van der Waals surface area contributed by atoms with Gasteiger partial charge in [-0.3, -0.25) is 0 Å². The van der Waals surface area contributed by atoms with Crippen LogP contribution < -0.4 is 0 Å². The maximum atomic E-state index is 13.3. The zero-order valence-corrected chi connectivity index (χ0v) is 10.6. The fourth-order valence-electron chi connectivity index (χ4n) is 1.24. The van der Waals surface area contributed by atoms with E-state index in [-0.39, 0.29) is 4.47 Å². The Labute approximate surface area is 100 Å². The molecule has 0 aliphatic rings. The molecule has 1 atom stereocenters. The molecule has 1 N–H and O–H groups in total. The second kappa shape index (κ2) is 4.77. The average molecular weight is 315 g/mol. The van der Waals surface area contributed by atoms with E-state index in [1.807, 2.05) is 0 Å². The number of halogens is 3. The summed E-state index contributed by atoms with van der Waals surface area (Å²) in [6.07, 6.45) is -0.826. The fourth-order valence-corrected chi connectivity index (χ4v) is 2.38. The Balaban J connectivity index is 3.14. The quantitative estimate of drug-likeness (QED) is 0.925. The summed E-state index contributed by atoms with van der Waals surface area (Å²) in [4.78, 5) is 0. The van der Waals surface area contributed by atoms with Crippen molar-refractivity contribution in [2.24, 2.45) is 0 Å². The van der Waals surface area contributed by atoms with Gasteiger partial charge in [-0.1, -0.05) is 15.9 Å². The predicted octanol–water partition coefficient (Wildman–Crippen LogP) is 1.81. The second-order valence-corrected chi connectivity index (χ2v) is 6.49. The summed E-state index contributed by atoms with van der Waals surface area (Å²) >= 11 is 2.88. The number of hydrogen-bond acceptors (Lipinski definition) is 3. The monoisotopic (exact) mass is 314 g/mol. The van der Waals surface area contributed by atoms with Crippen LogP contribution in [0.15, 0.2) is 16.6 Å². The van der Waals surface area contributed by atoms with E-state index < -0.39 is 38.9 Å². The van der Waals surface area contributed by atoms with Crippen LogP contribution in [0.1, 0.15) is 11.7 Å². The first-order chi connectivity index (χ1) is 7.20. The van der Waals surface area contributed by atoms with Gasteiger partial charge >= 0.3 is 0 Å².